The number of amides is 1. The molecule has 88 valence electrons. The van der Waals surface area contributed by atoms with Crippen LogP contribution in [0.1, 0.15) is 46.0 Å². The van der Waals surface area contributed by atoms with Crippen LogP contribution in [-0.2, 0) is 4.79 Å². The Morgan fingerprint density at radius 3 is 3.00 bits per heavy atom. The number of hydrogen-bond acceptors (Lipinski definition) is 2. The number of rotatable bonds is 4. The summed E-state index contributed by atoms with van der Waals surface area (Å²) in [5.41, 5.74) is 0. The number of nitrogens with one attached hydrogen (secondary N) is 2. The minimum absolute atomic E-state index is 0.203. The number of hydrogen-bond donors (Lipinski definition) is 2. The second-order valence-electron chi connectivity index (χ2n) is 4.83. The highest BCUT2D eigenvalue weighted by Gasteiger charge is 2.13. The molecule has 0 spiro atoms. The van der Waals surface area contributed by atoms with Crippen LogP contribution in [0.3, 0.4) is 0 Å². The first-order chi connectivity index (χ1) is 7.18. The molecule has 0 bridgehead atoms. The van der Waals surface area contributed by atoms with Gasteiger partial charge < -0.3 is 10.6 Å². The average molecular weight is 212 g/mol. The molecule has 1 aliphatic rings. The van der Waals surface area contributed by atoms with E-state index >= 15 is 0 Å². The van der Waals surface area contributed by atoms with Gasteiger partial charge in [0, 0.05) is 12.5 Å². The Morgan fingerprint density at radius 1 is 1.47 bits per heavy atom. The minimum Gasteiger partial charge on any atom is -0.354 e. The van der Waals surface area contributed by atoms with Gasteiger partial charge in [-0.15, -0.1) is 0 Å². The van der Waals surface area contributed by atoms with Crippen LogP contribution in [0.5, 0.6) is 0 Å². The molecule has 1 heterocycles. The van der Waals surface area contributed by atoms with E-state index in [4.69, 9.17) is 0 Å². The molecular formula is C12H24N2O. The third-order valence-electron chi connectivity index (χ3n) is 2.88. The van der Waals surface area contributed by atoms with E-state index in [1.54, 1.807) is 0 Å². The van der Waals surface area contributed by atoms with Gasteiger partial charge in [-0.2, -0.15) is 0 Å². The highest BCUT2D eigenvalue weighted by molar-refractivity contribution is 5.76. The predicted octanol–water partition coefficient (Wildman–Crippen LogP) is 1.68. The molecule has 0 aromatic heterocycles. The van der Waals surface area contributed by atoms with Crippen LogP contribution in [0.2, 0.25) is 0 Å². The molecule has 15 heavy (non-hydrogen) atoms. The lowest BCUT2D eigenvalue weighted by Gasteiger charge is -2.14. The normalized spacial score (nSPS) is 22.5. The smallest absolute Gasteiger partial charge is 0.220 e. The van der Waals surface area contributed by atoms with E-state index < -0.39 is 0 Å². The molecule has 0 saturated carbocycles. The average Bonchev–Trinajstić information content (AvgIpc) is 2.41. The van der Waals surface area contributed by atoms with Crippen LogP contribution in [0, 0.1) is 5.92 Å². The van der Waals surface area contributed by atoms with Gasteiger partial charge in [-0.1, -0.05) is 6.42 Å². The monoisotopic (exact) mass is 212 g/mol. The summed E-state index contributed by atoms with van der Waals surface area (Å²) in [7, 11) is 0. The fourth-order valence-electron chi connectivity index (χ4n) is 2.07. The van der Waals surface area contributed by atoms with Crippen molar-refractivity contribution in [3.63, 3.8) is 0 Å². The van der Waals surface area contributed by atoms with Crippen molar-refractivity contribution in [1.29, 1.82) is 0 Å². The summed E-state index contributed by atoms with van der Waals surface area (Å²) in [6.45, 7) is 6.25. The Labute approximate surface area is 93.0 Å². The van der Waals surface area contributed by atoms with E-state index in [0.717, 1.165) is 19.5 Å². The molecule has 1 aliphatic heterocycles. The minimum atomic E-state index is 0.203. The standard InChI is InChI=1S/C12H24N2O/c1-10(2)14-12(15)7-6-11-5-3-4-8-13-9-11/h10-11,13H,3-9H2,1-2H3,(H,14,15). The van der Waals surface area contributed by atoms with Gasteiger partial charge >= 0.3 is 0 Å². The summed E-state index contributed by atoms with van der Waals surface area (Å²) >= 11 is 0. The Hall–Kier alpha value is -0.570. The van der Waals surface area contributed by atoms with Crippen molar-refractivity contribution in [3.05, 3.63) is 0 Å². The zero-order valence-corrected chi connectivity index (χ0v) is 10.0. The predicted molar refractivity (Wildman–Crippen MR) is 62.7 cm³/mol. The third-order valence-corrected chi connectivity index (χ3v) is 2.88. The van der Waals surface area contributed by atoms with Crippen LogP contribution < -0.4 is 10.6 Å². The SMILES string of the molecule is CC(C)NC(=O)CCC1CCCCNC1. The van der Waals surface area contributed by atoms with Crippen molar-refractivity contribution in [2.75, 3.05) is 13.1 Å². The van der Waals surface area contributed by atoms with E-state index in [0.29, 0.717) is 12.3 Å². The lowest BCUT2D eigenvalue weighted by molar-refractivity contribution is -0.121. The molecule has 1 amide bonds. The van der Waals surface area contributed by atoms with Gasteiger partial charge in [0.1, 0.15) is 0 Å². The zero-order chi connectivity index (χ0) is 11.1. The van der Waals surface area contributed by atoms with Crippen molar-refractivity contribution >= 4 is 5.91 Å². The summed E-state index contributed by atoms with van der Waals surface area (Å²) in [5, 5.41) is 6.37. The van der Waals surface area contributed by atoms with E-state index in [9.17, 15) is 4.79 Å². The molecule has 0 aromatic carbocycles. The van der Waals surface area contributed by atoms with Crippen molar-refractivity contribution in [2.45, 2.75) is 52.0 Å². The van der Waals surface area contributed by atoms with Crippen molar-refractivity contribution < 1.29 is 4.79 Å². The van der Waals surface area contributed by atoms with E-state index in [1.807, 2.05) is 13.8 Å². The van der Waals surface area contributed by atoms with Gasteiger partial charge in [-0.25, -0.2) is 0 Å². The van der Waals surface area contributed by atoms with E-state index in [2.05, 4.69) is 10.6 Å². The Balaban J connectivity index is 2.14. The number of carbonyl (C=O) groups excluding carboxylic acids is 1. The van der Waals surface area contributed by atoms with Gasteiger partial charge in [-0.3, -0.25) is 4.79 Å². The maximum atomic E-state index is 11.5. The van der Waals surface area contributed by atoms with Gasteiger partial charge in [0.25, 0.3) is 0 Å². The van der Waals surface area contributed by atoms with E-state index in [-0.39, 0.29) is 11.9 Å². The molecule has 3 heteroatoms. The Bertz CT molecular complexity index is 184. The fourth-order valence-corrected chi connectivity index (χ4v) is 2.07. The van der Waals surface area contributed by atoms with Crippen molar-refractivity contribution in [1.82, 2.24) is 10.6 Å². The Morgan fingerprint density at radius 2 is 2.27 bits per heavy atom. The molecule has 0 radical (unpaired) electrons. The van der Waals surface area contributed by atoms with Crippen molar-refractivity contribution in [2.24, 2.45) is 5.92 Å². The molecule has 2 N–H and O–H groups in total. The molecule has 1 fully saturated rings. The zero-order valence-electron chi connectivity index (χ0n) is 10.0. The second kappa shape index (κ2) is 6.83. The van der Waals surface area contributed by atoms with Crippen LogP contribution in [0.4, 0.5) is 0 Å². The van der Waals surface area contributed by atoms with Gasteiger partial charge in [0.2, 0.25) is 5.91 Å². The molecule has 0 aliphatic carbocycles. The summed E-state index contributed by atoms with van der Waals surface area (Å²) < 4.78 is 0. The van der Waals surface area contributed by atoms with Crippen LogP contribution in [-0.4, -0.2) is 25.0 Å². The number of carbonyl (C=O) groups is 1. The van der Waals surface area contributed by atoms with Gasteiger partial charge in [0.15, 0.2) is 0 Å². The summed E-state index contributed by atoms with van der Waals surface area (Å²) in [5.74, 6) is 0.902. The topological polar surface area (TPSA) is 41.1 Å². The molecule has 1 saturated heterocycles. The maximum Gasteiger partial charge on any atom is 0.220 e. The summed E-state index contributed by atoms with van der Waals surface area (Å²) in [4.78, 5) is 11.5. The highest BCUT2D eigenvalue weighted by Crippen LogP contribution is 2.16. The largest absolute Gasteiger partial charge is 0.354 e. The van der Waals surface area contributed by atoms with Crippen LogP contribution in [0.15, 0.2) is 0 Å². The first kappa shape index (κ1) is 12.5. The van der Waals surface area contributed by atoms with Crippen molar-refractivity contribution in [3.8, 4) is 0 Å². The van der Waals surface area contributed by atoms with Gasteiger partial charge in [-0.05, 0) is 52.1 Å². The quantitative estimate of drug-likeness (QED) is 0.744. The van der Waals surface area contributed by atoms with Gasteiger partial charge in [0.05, 0.1) is 0 Å². The molecule has 3 nitrogen and oxygen atoms in total. The molecule has 1 unspecified atom stereocenters. The fraction of sp³-hybridized carbons (Fsp3) is 0.917. The highest BCUT2D eigenvalue weighted by atomic mass is 16.1. The molecule has 1 atom stereocenters. The van der Waals surface area contributed by atoms with Crippen LogP contribution >= 0.6 is 0 Å². The van der Waals surface area contributed by atoms with Crippen LogP contribution in [0.25, 0.3) is 0 Å². The lowest BCUT2D eigenvalue weighted by atomic mass is 9.98. The molecule has 0 aromatic rings. The molecule has 1 rings (SSSR count). The third kappa shape index (κ3) is 5.78. The first-order valence-corrected chi connectivity index (χ1v) is 6.18. The first-order valence-electron chi connectivity index (χ1n) is 6.18. The summed E-state index contributed by atoms with van der Waals surface area (Å²) in [6.07, 6.45) is 5.59. The Kier molecular flexibility index (Phi) is 5.69. The maximum absolute atomic E-state index is 11.5. The second-order valence-corrected chi connectivity index (χ2v) is 4.83. The van der Waals surface area contributed by atoms with E-state index in [1.165, 1.54) is 19.3 Å². The lowest BCUT2D eigenvalue weighted by Crippen LogP contribution is -2.30. The summed E-state index contributed by atoms with van der Waals surface area (Å²) in [6, 6.07) is 0.268. The molecular weight excluding hydrogens is 188 g/mol.